The van der Waals surface area contributed by atoms with Gasteiger partial charge in [0.15, 0.2) is 0 Å². The number of non-ortho nitro benzene ring substituents is 1. The Bertz CT molecular complexity index is 758. The summed E-state index contributed by atoms with van der Waals surface area (Å²) in [5.74, 6) is 0.408. The van der Waals surface area contributed by atoms with Crippen molar-refractivity contribution in [2.24, 2.45) is 0 Å². The summed E-state index contributed by atoms with van der Waals surface area (Å²) in [5.41, 5.74) is -1.95. The quantitative estimate of drug-likeness (QED) is 0.379. The molecule has 5 nitrogen and oxygen atoms in total. The van der Waals surface area contributed by atoms with E-state index < -0.39 is 16.7 Å². The second-order valence-electron chi connectivity index (χ2n) is 5.20. The molecule has 0 radical (unpaired) electrons. The molecule has 0 aromatic heterocycles. The van der Waals surface area contributed by atoms with Crippen LogP contribution in [0, 0.1) is 24.0 Å². The summed E-state index contributed by atoms with van der Waals surface area (Å²) in [6.45, 7) is 3.30. The summed E-state index contributed by atoms with van der Waals surface area (Å²) in [7, 11) is 0. The molecule has 2 aromatic carbocycles. The van der Waals surface area contributed by atoms with Crippen molar-refractivity contribution in [2.75, 3.05) is 0 Å². The Kier molecular flexibility index (Phi) is 5.42. The second kappa shape index (κ2) is 7.18. The Morgan fingerprint density at radius 2 is 1.60 bits per heavy atom. The normalized spacial score (nSPS) is 12.6. The largest absolute Gasteiger partial charge is 0.457 e. The maximum Gasteiger partial charge on any atom is 0.444 e. The highest BCUT2D eigenvalue weighted by Crippen LogP contribution is 2.34. The molecule has 0 amide bonds. The molecule has 0 spiro atoms. The summed E-state index contributed by atoms with van der Waals surface area (Å²) in [5, 5.41) is 10.8. The van der Waals surface area contributed by atoms with Crippen LogP contribution in [0.2, 0.25) is 0 Å². The maximum atomic E-state index is 13.1. The van der Waals surface area contributed by atoms with Gasteiger partial charge in [-0.25, -0.2) is 4.39 Å². The van der Waals surface area contributed by atoms with Gasteiger partial charge >= 0.3 is 6.11 Å². The lowest BCUT2D eigenvalue weighted by atomic mass is 10.1. The molecule has 2 rings (SSSR count). The van der Waals surface area contributed by atoms with E-state index in [1.165, 1.54) is 36.4 Å². The van der Waals surface area contributed by atoms with Crippen LogP contribution in [0.15, 0.2) is 36.4 Å². The molecule has 0 saturated carbocycles. The molecular weight excluding hydrogens is 363 g/mol. The summed E-state index contributed by atoms with van der Waals surface area (Å²) in [6, 6.07) is 7.74. The van der Waals surface area contributed by atoms with Gasteiger partial charge in [0, 0.05) is 12.1 Å². The second-order valence-corrected chi connectivity index (χ2v) is 5.59. The number of ether oxygens (including phenoxy) is 2. The van der Waals surface area contributed by atoms with Crippen molar-refractivity contribution in [2.45, 2.75) is 25.6 Å². The predicted octanol–water partition coefficient (Wildman–Crippen LogP) is 5.51. The van der Waals surface area contributed by atoms with Gasteiger partial charge in [-0.1, -0.05) is 11.6 Å². The van der Waals surface area contributed by atoms with Gasteiger partial charge in [0.05, 0.1) is 4.92 Å². The highest BCUT2D eigenvalue weighted by molar-refractivity contribution is 6.20. The minimum atomic E-state index is -4.16. The average molecular weight is 376 g/mol. The molecule has 2 aromatic rings. The topological polar surface area (TPSA) is 61.6 Å². The molecule has 0 bridgehead atoms. The first kappa shape index (κ1) is 18.9. The highest BCUT2D eigenvalue weighted by Gasteiger charge is 2.42. The number of nitro groups is 1. The number of benzene rings is 2. The van der Waals surface area contributed by atoms with Crippen molar-refractivity contribution in [1.29, 1.82) is 0 Å². The van der Waals surface area contributed by atoms with E-state index in [2.05, 4.69) is 4.74 Å². The maximum absolute atomic E-state index is 13.1. The fourth-order valence-electron chi connectivity index (χ4n) is 2.09. The van der Waals surface area contributed by atoms with Gasteiger partial charge in [0.25, 0.3) is 11.3 Å². The third-order valence-corrected chi connectivity index (χ3v) is 3.46. The van der Waals surface area contributed by atoms with Crippen molar-refractivity contribution in [3.63, 3.8) is 0 Å². The van der Waals surface area contributed by atoms with E-state index in [1.54, 1.807) is 13.8 Å². The van der Waals surface area contributed by atoms with Crippen molar-refractivity contribution < 1.29 is 27.6 Å². The number of hydrogen-bond acceptors (Lipinski definition) is 4. The van der Waals surface area contributed by atoms with Crippen LogP contribution in [0.3, 0.4) is 0 Å². The van der Waals surface area contributed by atoms with Crippen LogP contribution < -0.4 is 9.47 Å². The van der Waals surface area contributed by atoms with Gasteiger partial charge in [-0.2, -0.15) is 8.78 Å². The highest BCUT2D eigenvalue weighted by atomic mass is 35.5. The first-order valence-corrected chi connectivity index (χ1v) is 7.42. The molecule has 1 atom stereocenters. The first-order valence-electron chi connectivity index (χ1n) is 6.98. The van der Waals surface area contributed by atoms with Crippen LogP contribution in [0.4, 0.5) is 18.9 Å². The third kappa shape index (κ3) is 4.54. The van der Waals surface area contributed by atoms with Crippen LogP contribution in [-0.4, -0.2) is 16.7 Å². The smallest absolute Gasteiger partial charge is 0.444 e. The van der Waals surface area contributed by atoms with Crippen LogP contribution in [0.5, 0.6) is 17.2 Å². The first-order chi connectivity index (χ1) is 11.6. The van der Waals surface area contributed by atoms with Gasteiger partial charge in [-0.05, 0) is 49.2 Å². The average Bonchev–Trinajstić information content (AvgIpc) is 2.51. The lowest BCUT2D eigenvalue weighted by Crippen LogP contribution is -2.32. The molecule has 25 heavy (non-hydrogen) atoms. The van der Waals surface area contributed by atoms with Crippen molar-refractivity contribution in [3.8, 4) is 17.2 Å². The minimum absolute atomic E-state index is 0.0600. The molecule has 1 unspecified atom stereocenters. The van der Waals surface area contributed by atoms with E-state index in [9.17, 15) is 23.3 Å². The van der Waals surface area contributed by atoms with E-state index >= 15 is 0 Å². The lowest BCUT2D eigenvalue weighted by molar-refractivity contribution is -0.385. The predicted molar refractivity (Wildman–Crippen MR) is 85.4 cm³/mol. The van der Waals surface area contributed by atoms with E-state index in [0.717, 1.165) is 0 Å². The third-order valence-electron chi connectivity index (χ3n) is 3.21. The minimum Gasteiger partial charge on any atom is -0.457 e. The molecule has 9 heteroatoms. The summed E-state index contributed by atoms with van der Waals surface area (Å²) < 4.78 is 48.5. The van der Waals surface area contributed by atoms with Gasteiger partial charge in [0.1, 0.15) is 17.2 Å². The zero-order valence-electron chi connectivity index (χ0n) is 13.1. The number of halogens is 4. The number of nitrogens with zero attached hydrogens (tertiary/aromatic N) is 1. The van der Waals surface area contributed by atoms with Gasteiger partial charge in [0.2, 0.25) is 0 Å². The Morgan fingerprint density at radius 1 is 1.12 bits per heavy atom. The van der Waals surface area contributed by atoms with Crippen LogP contribution in [0.25, 0.3) is 0 Å². The number of nitro benzene ring substituents is 1. The van der Waals surface area contributed by atoms with E-state index in [0.29, 0.717) is 22.6 Å². The molecule has 0 heterocycles. The Morgan fingerprint density at radius 3 is 2.04 bits per heavy atom. The molecule has 134 valence electrons. The van der Waals surface area contributed by atoms with Gasteiger partial charge in [-0.3, -0.25) is 10.1 Å². The SMILES string of the molecule is Cc1cc([N+](=O)[O-])cc(C)c1Oc1ccc(OC(F)(F)C(F)Cl)cc1. The zero-order valence-corrected chi connectivity index (χ0v) is 13.9. The van der Waals surface area contributed by atoms with Gasteiger partial charge < -0.3 is 9.47 Å². The monoisotopic (exact) mass is 375 g/mol. The Hall–Kier alpha value is -2.48. The lowest BCUT2D eigenvalue weighted by Gasteiger charge is -2.18. The molecule has 0 aliphatic carbocycles. The van der Waals surface area contributed by atoms with Crippen LogP contribution >= 0.6 is 11.6 Å². The summed E-state index contributed by atoms with van der Waals surface area (Å²) in [4.78, 5) is 10.3. The summed E-state index contributed by atoms with van der Waals surface area (Å²) in [6.07, 6.45) is -4.16. The zero-order chi connectivity index (χ0) is 18.8. The summed E-state index contributed by atoms with van der Waals surface area (Å²) >= 11 is 4.71. The number of aryl methyl sites for hydroxylation is 2. The molecule has 0 aliphatic rings. The Balaban J connectivity index is 2.18. The van der Waals surface area contributed by atoms with Gasteiger partial charge in [-0.15, -0.1) is 0 Å². The molecular formula is C16H13ClF3NO4. The fourth-order valence-corrected chi connectivity index (χ4v) is 2.13. The van der Waals surface area contributed by atoms with Crippen LogP contribution in [-0.2, 0) is 0 Å². The van der Waals surface area contributed by atoms with Crippen LogP contribution in [0.1, 0.15) is 11.1 Å². The number of rotatable bonds is 6. The number of alkyl halides is 4. The van der Waals surface area contributed by atoms with E-state index in [-0.39, 0.29) is 11.4 Å². The van der Waals surface area contributed by atoms with Crippen molar-refractivity contribution in [1.82, 2.24) is 0 Å². The molecule has 0 N–H and O–H groups in total. The van der Waals surface area contributed by atoms with E-state index in [1.807, 2.05) is 0 Å². The van der Waals surface area contributed by atoms with Crippen molar-refractivity contribution >= 4 is 17.3 Å². The molecule has 0 saturated heterocycles. The van der Waals surface area contributed by atoms with E-state index in [4.69, 9.17) is 16.3 Å². The fraction of sp³-hybridized carbons (Fsp3) is 0.250. The molecule has 0 fully saturated rings. The van der Waals surface area contributed by atoms with Crippen molar-refractivity contribution in [3.05, 3.63) is 57.6 Å². The number of hydrogen-bond donors (Lipinski definition) is 0. The Labute approximate surface area is 146 Å². The molecule has 0 aliphatic heterocycles. The standard InChI is InChI=1S/C16H13ClF3NO4/c1-9-7-11(21(22)23)8-10(2)14(9)24-12-3-5-13(6-4-12)25-16(19,20)15(17)18/h3-8,15H,1-2H3.